The third kappa shape index (κ3) is 3.99. The average molecular weight is 415 g/mol. The van der Waals surface area contributed by atoms with Crippen molar-refractivity contribution in [2.75, 3.05) is 18.5 Å². The van der Waals surface area contributed by atoms with E-state index in [0.29, 0.717) is 30.3 Å². The minimum absolute atomic E-state index is 0.0475. The number of aromatic nitrogens is 2. The number of amides is 1. The standard InChI is InChI=1S/C25H25N3O3/c1-5-11-31-22-10-8-18(13-23(22)30-6-2)20-14-24(29)27-25-21(20)15-26-28(25)19-9-7-16(3)17(4)12-19/h1,7-10,12-13,15,20H,6,11,14H2,2-4H3,(H,27,29). The van der Waals surface area contributed by atoms with Gasteiger partial charge in [0.2, 0.25) is 5.91 Å². The highest BCUT2D eigenvalue weighted by molar-refractivity contribution is 5.94. The summed E-state index contributed by atoms with van der Waals surface area (Å²) in [5, 5.41) is 7.59. The van der Waals surface area contributed by atoms with Crippen molar-refractivity contribution in [2.24, 2.45) is 0 Å². The highest BCUT2D eigenvalue weighted by atomic mass is 16.5. The zero-order valence-corrected chi connectivity index (χ0v) is 17.9. The Balaban J connectivity index is 1.74. The van der Waals surface area contributed by atoms with E-state index in [-0.39, 0.29) is 18.4 Å². The molecule has 6 heteroatoms. The van der Waals surface area contributed by atoms with Crippen molar-refractivity contribution in [3.05, 3.63) is 64.8 Å². The second kappa shape index (κ2) is 8.57. The zero-order valence-electron chi connectivity index (χ0n) is 17.9. The maximum absolute atomic E-state index is 12.6. The number of hydrogen-bond donors (Lipinski definition) is 1. The van der Waals surface area contributed by atoms with Gasteiger partial charge >= 0.3 is 0 Å². The number of ether oxygens (including phenoxy) is 2. The smallest absolute Gasteiger partial charge is 0.226 e. The molecule has 1 atom stereocenters. The van der Waals surface area contributed by atoms with E-state index in [1.54, 1.807) is 4.68 Å². The molecule has 0 aliphatic carbocycles. The van der Waals surface area contributed by atoms with Crippen LogP contribution in [0.2, 0.25) is 0 Å². The Bertz CT molecular complexity index is 1170. The number of nitrogens with zero attached hydrogens (tertiary/aromatic N) is 2. The van der Waals surface area contributed by atoms with E-state index < -0.39 is 0 Å². The Hall–Kier alpha value is -3.72. The van der Waals surface area contributed by atoms with Gasteiger partial charge in [-0.15, -0.1) is 6.42 Å². The molecule has 4 rings (SSSR count). The first kappa shape index (κ1) is 20.5. The van der Waals surface area contributed by atoms with Crippen molar-refractivity contribution in [1.82, 2.24) is 9.78 Å². The third-order valence-corrected chi connectivity index (χ3v) is 5.54. The molecule has 0 fully saturated rings. The highest BCUT2D eigenvalue weighted by Gasteiger charge is 2.31. The van der Waals surface area contributed by atoms with E-state index in [9.17, 15) is 4.79 Å². The number of carbonyl (C=O) groups excluding carboxylic acids is 1. The number of benzene rings is 2. The molecule has 1 unspecified atom stereocenters. The van der Waals surface area contributed by atoms with Crippen molar-refractivity contribution < 1.29 is 14.3 Å². The summed E-state index contributed by atoms with van der Waals surface area (Å²) in [5.74, 6) is 4.20. The molecule has 1 aliphatic heterocycles. The molecule has 0 radical (unpaired) electrons. The lowest BCUT2D eigenvalue weighted by atomic mass is 9.87. The van der Waals surface area contributed by atoms with Crippen LogP contribution < -0.4 is 14.8 Å². The fraction of sp³-hybridized carbons (Fsp3) is 0.280. The van der Waals surface area contributed by atoms with Gasteiger partial charge in [0.15, 0.2) is 11.5 Å². The fourth-order valence-corrected chi connectivity index (χ4v) is 3.82. The van der Waals surface area contributed by atoms with Gasteiger partial charge in [0.1, 0.15) is 12.4 Å². The first-order valence-electron chi connectivity index (χ1n) is 10.3. The molecule has 2 heterocycles. The molecule has 31 heavy (non-hydrogen) atoms. The van der Waals surface area contributed by atoms with Crippen LogP contribution in [0.15, 0.2) is 42.6 Å². The van der Waals surface area contributed by atoms with Crippen molar-refractivity contribution in [1.29, 1.82) is 0 Å². The van der Waals surface area contributed by atoms with Crippen LogP contribution in [-0.4, -0.2) is 28.9 Å². The summed E-state index contributed by atoms with van der Waals surface area (Å²) in [7, 11) is 0. The Labute approximate surface area is 182 Å². The van der Waals surface area contributed by atoms with Crippen LogP contribution >= 0.6 is 0 Å². The van der Waals surface area contributed by atoms with Crippen molar-refractivity contribution in [3.63, 3.8) is 0 Å². The van der Waals surface area contributed by atoms with E-state index >= 15 is 0 Å². The Morgan fingerprint density at radius 2 is 2.00 bits per heavy atom. The average Bonchev–Trinajstić information content (AvgIpc) is 3.18. The molecule has 0 saturated carbocycles. The lowest BCUT2D eigenvalue weighted by Crippen LogP contribution is -2.24. The summed E-state index contributed by atoms with van der Waals surface area (Å²) in [6.45, 7) is 6.71. The van der Waals surface area contributed by atoms with Gasteiger partial charge in [-0.1, -0.05) is 18.1 Å². The molecule has 0 bridgehead atoms. The van der Waals surface area contributed by atoms with Gasteiger partial charge in [-0.05, 0) is 61.7 Å². The molecular formula is C25H25N3O3. The van der Waals surface area contributed by atoms with Crippen molar-refractivity contribution >= 4 is 11.7 Å². The number of carbonyl (C=O) groups is 1. The number of fused-ring (bicyclic) bond motifs is 1. The molecule has 2 aromatic carbocycles. The normalized spacial score (nSPS) is 15.0. The summed E-state index contributed by atoms with van der Waals surface area (Å²) in [5.41, 5.74) is 5.23. The molecule has 3 aromatic rings. The van der Waals surface area contributed by atoms with Gasteiger partial charge in [-0.3, -0.25) is 4.79 Å². The molecule has 6 nitrogen and oxygen atoms in total. The molecule has 1 amide bonds. The minimum Gasteiger partial charge on any atom is -0.490 e. The van der Waals surface area contributed by atoms with E-state index in [4.69, 9.17) is 15.9 Å². The molecule has 158 valence electrons. The number of terminal acetylenes is 1. The monoisotopic (exact) mass is 415 g/mol. The second-order valence-electron chi connectivity index (χ2n) is 7.57. The van der Waals surface area contributed by atoms with Gasteiger partial charge in [-0.2, -0.15) is 5.10 Å². The number of nitrogens with one attached hydrogen (secondary N) is 1. The Kier molecular flexibility index (Phi) is 5.68. The quantitative estimate of drug-likeness (QED) is 0.607. The van der Waals surface area contributed by atoms with Crippen LogP contribution in [0.25, 0.3) is 5.69 Å². The lowest BCUT2D eigenvalue weighted by Gasteiger charge is -2.24. The Morgan fingerprint density at radius 3 is 2.74 bits per heavy atom. The summed E-state index contributed by atoms with van der Waals surface area (Å²) in [6, 6.07) is 11.9. The van der Waals surface area contributed by atoms with Crippen LogP contribution in [0, 0.1) is 26.2 Å². The first-order chi connectivity index (χ1) is 15.0. The van der Waals surface area contributed by atoms with Gasteiger partial charge in [0.25, 0.3) is 0 Å². The number of aryl methyl sites for hydroxylation is 2. The van der Waals surface area contributed by atoms with Gasteiger partial charge < -0.3 is 14.8 Å². The number of rotatable bonds is 6. The summed E-state index contributed by atoms with van der Waals surface area (Å²) in [6.07, 6.45) is 7.48. The summed E-state index contributed by atoms with van der Waals surface area (Å²) >= 11 is 0. The topological polar surface area (TPSA) is 65.4 Å². The first-order valence-corrected chi connectivity index (χ1v) is 10.3. The second-order valence-corrected chi connectivity index (χ2v) is 7.57. The predicted molar refractivity (Wildman–Crippen MR) is 120 cm³/mol. The van der Waals surface area contributed by atoms with Gasteiger partial charge in [-0.25, -0.2) is 4.68 Å². The van der Waals surface area contributed by atoms with E-state index in [1.807, 2.05) is 37.4 Å². The fourth-order valence-electron chi connectivity index (χ4n) is 3.82. The van der Waals surface area contributed by atoms with Crippen LogP contribution in [0.3, 0.4) is 0 Å². The van der Waals surface area contributed by atoms with Crippen LogP contribution in [0.4, 0.5) is 5.82 Å². The maximum Gasteiger partial charge on any atom is 0.226 e. The minimum atomic E-state index is -0.134. The third-order valence-electron chi connectivity index (χ3n) is 5.54. The zero-order chi connectivity index (χ0) is 22.0. The highest BCUT2D eigenvalue weighted by Crippen LogP contribution is 2.41. The summed E-state index contributed by atoms with van der Waals surface area (Å²) < 4.78 is 13.2. The molecule has 0 saturated heterocycles. The van der Waals surface area contributed by atoms with E-state index in [2.05, 4.69) is 42.3 Å². The predicted octanol–water partition coefficient (Wildman–Crippen LogP) is 4.37. The van der Waals surface area contributed by atoms with Crippen LogP contribution in [-0.2, 0) is 4.79 Å². The van der Waals surface area contributed by atoms with Crippen LogP contribution in [0.1, 0.15) is 41.5 Å². The molecular weight excluding hydrogens is 390 g/mol. The summed E-state index contributed by atoms with van der Waals surface area (Å²) in [4.78, 5) is 12.6. The van der Waals surface area contributed by atoms with Gasteiger partial charge in [0, 0.05) is 17.9 Å². The molecule has 1 aliphatic rings. The maximum atomic E-state index is 12.6. The lowest BCUT2D eigenvalue weighted by molar-refractivity contribution is -0.116. The van der Waals surface area contributed by atoms with E-state index in [1.165, 1.54) is 11.1 Å². The van der Waals surface area contributed by atoms with E-state index in [0.717, 1.165) is 16.8 Å². The molecule has 1 aromatic heterocycles. The Morgan fingerprint density at radius 1 is 1.16 bits per heavy atom. The van der Waals surface area contributed by atoms with Crippen LogP contribution in [0.5, 0.6) is 11.5 Å². The largest absolute Gasteiger partial charge is 0.490 e. The molecule has 0 spiro atoms. The SMILES string of the molecule is C#CCOc1ccc(C2CC(=O)Nc3c2cnn3-c2ccc(C)c(C)c2)cc1OCC. The van der Waals surface area contributed by atoms with Gasteiger partial charge in [0.05, 0.1) is 18.5 Å². The van der Waals surface area contributed by atoms with Crippen molar-refractivity contribution in [3.8, 4) is 29.5 Å². The number of hydrogen-bond acceptors (Lipinski definition) is 4. The molecule has 1 N–H and O–H groups in total. The number of anilines is 1. The van der Waals surface area contributed by atoms with Crippen molar-refractivity contribution in [2.45, 2.75) is 33.1 Å².